The van der Waals surface area contributed by atoms with Crippen LogP contribution in [-0.2, 0) is 6.42 Å². The molecule has 0 aliphatic carbocycles. The highest BCUT2D eigenvalue weighted by atomic mass is 35.5. The van der Waals surface area contributed by atoms with Crippen LogP contribution in [0.1, 0.15) is 17.1 Å². The molecule has 0 radical (unpaired) electrons. The summed E-state index contributed by atoms with van der Waals surface area (Å²) < 4.78 is 1.62. The molecule has 32 heavy (non-hydrogen) atoms. The van der Waals surface area contributed by atoms with Gasteiger partial charge in [0.15, 0.2) is 17.3 Å². The van der Waals surface area contributed by atoms with Crippen molar-refractivity contribution in [2.24, 2.45) is 0 Å². The first-order valence-electron chi connectivity index (χ1n) is 9.55. The number of rotatable bonds is 4. The third-order valence-corrected chi connectivity index (χ3v) is 5.14. The van der Waals surface area contributed by atoms with Crippen LogP contribution in [0.25, 0.3) is 28.3 Å². The molecule has 4 heterocycles. The average molecular weight is 440 g/mol. The van der Waals surface area contributed by atoms with Gasteiger partial charge in [0.25, 0.3) is 0 Å². The van der Waals surface area contributed by atoms with Gasteiger partial charge in [-0.2, -0.15) is 10.4 Å². The maximum Gasteiger partial charge on any atom is 0.198 e. The molecule has 0 aliphatic rings. The Labute approximate surface area is 187 Å². The molecule has 0 amide bonds. The molecule has 154 valence electrons. The number of halogens is 1. The summed E-state index contributed by atoms with van der Waals surface area (Å²) in [6.07, 6.45) is 5.06. The molecule has 4 aromatic heterocycles. The molecule has 0 unspecified atom stereocenters. The van der Waals surface area contributed by atoms with Gasteiger partial charge in [-0.05, 0) is 30.3 Å². The van der Waals surface area contributed by atoms with Crippen molar-refractivity contribution in [1.29, 1.82) is 5.26 Å². The van der Waals surface area contributed by atoms with Gasteiger partial charge in [0.1, 0.15) is 17.7 Å². The fourth-order valence-electron chi connectivity index (χ4n) is 3.37. The summed E-state index contributed by atoms with van der Waals surface area (Å²) in [5.41, 5.74) is 10.2. The predicted molar refractivity (Wildman–Crippen MR) is 118 cm³/mol. The Morgan fingerprint density at radius 1 is 1.06 bits per heavy atom. The number of hydrogen-bond acceptors (Lipinski definition) is 8. The number of aromatic nitrogens is 7. The molecular weight excluding hydrogens is 426 g/mol. The van der Waals surface area contributed by atoms with Crippen molar-refractivity contribution in [3.05, 3.63) is 83.3 Å². The van der Waals surface area contributed by atoms with Crippen LogP contribution in [0.15, 0.2) is 61.2 Å². The lowest BCUT2D eigenvalue weighted by molar-refractivity contribution is 0.885. The fraction of sp³-hybridized carbons (Fsp3) is 0.0455. The second kappa shape index (κ2) is 8.02. The van der Waals surface area contributed by atoms with Crippen molar-refractivity contribution in [1.82, 2.24) is 34.5 Å². The van der Waals surface area contributed by atoms with Gasteiger partial charge in [-0.25, -0.2) is 24.5 Å². The van der Waals surface area contributed by atoms with Crippen molar-refractivity contribution in [3.8, 4) is 28.7 Å². The minimum atomic E-state index is 0.200. The zero-order valence-electron chi connectivity index (χ0n) is 16.5. The predicted octanol–water partition coefficient (Wildman–Crippen LogP) is 3.34. The number of nitriles is 1. The third kappa shape index (κ3) is 3.49. The highest BCUT2D eigenvalue weighted by molar-refractivity contribution is 6.31. The highest BCUT2D eigenvalue weighted by Crippen LogP contribution is 2.32. The Morgan fingerprint density at radius 2 is 1.97 bits per heavy atom. The second-order valence-corrected chi connectivity index (χ2v) is 7.26. The number of nitrogens with two attached hydrogens (primary N) is 1. The summed E-state index contributed by atoms with van der Waals surface area (Å²) in [5, 5.41) is 14.5. The van der Waals surface area contributed by atoms with Crippen molar-refractivity contribution < 1.29 is 0 Å². The van der Waals surface area contributed by atoms with Crippen LogP contribution in [0.4, 0.5) is 5.82 Å². The first kappa shape index (κ1) is 19.5. The maximum atomic E-state index is 9.33. The number of nitrogens with zero attached hydrogens (tertiary/aromatic N) is 8. The molecule has 5 aromatic rings. The number of anilines is 1. The maximum absolute atomic E-state index is 9.33. The van der Waals surface area contributed by atoms with Gasteiger partial charge in [-0.15, -0.1) is 0 Å². The summed E-state index contributed by atoms with van der Waals surface area (Å²) in [7, 11) is 0. The van der Waals surface area contributed by atoms with Crippen LogP contribution in [0.2, 0.25) is 5.02 Å². The SMILES string of the molecule is N#Cc1cccc(-c2nc(N)c3nc(Cc4ncccc4Cl)nn3c2-c2ccncn2)c1. The average Bonchev–Trinajstić information content (AvgIpc) is 3.25. The van der Waals surface area contributed by atoms with Crippen LogP contribution in [0.3, 0.4) is 0 Å². The zero-order chi connectivity index (χ0) is 22.1. The van der Waals surface area contributed by atoms with Gasteiger partial charge in [-0.1, -0.05) is 23.7 Å². The lowest BCUT2D eigenvalue weighted by Crippen LogP contribution is -2.06. The van der Waals surface area contributed by atoms with E-state index in [0.29, 0.717) is 56.8 Å². The molecule has 0 aliphatic heterocycles. The molecule has 0 spiro atoms. The van der Waals surface area contributed by atoms with E-state index in [0.717, 1.165) is 0 Å². The normalized spacial score (nSPS) is 10.9. The van der Waals surface area contributed by atoms with E-state index in [2.05, 4.69) is 36.1 Å². The monoisotopic (exact) mass is 439 g/mol. The minimum absolute atomic E-state index is 0.200. The van der Waals surface area contributed by atoms with E-state index in [1.165, 1.54) is 6.33 Å². The number of benzene rings is 1. The standard InChI is InChI=1S/C22H14ClN9/c23-15-5-2-7-27-17(15)10-18-29-22-21(25)30-19(14-4-1-3-13(9-14)11-24)20(32(22)31-18)16-6-8-26-12-28-16/h1-9,12H,10H2,(H2,25,30). The summed E-state index contributed by atoms with van der Waals surface area (Å²) in [4.78, 5) is 21.9. The lowest BCUT2D eigenvalue weighted by Gasteiger charge is -2.11. The molecule has 0 fully saturated rings. The Kier molecular flexibility index (Phi) is 4.89. The molecule has 0 saturated carbocycles. The molecule has 9 nitrogen and oxygen atoms in total. The largest absolute Gasteiger partial charge is 0.381 e. The Balaban J connectivity index is 1.76. The minimum Gasteiger partial charge on any atom is -0.381 e. The van der Waals surface area contributed by atoms with Crippen LogP contribution in [0, 0.1) is 11.3 Å². The van der Waals surface area contributed by atoms with E-state index in [4.69, 9.17) is 17.3 Å². The fourth-order valence-corrected chi connectivity index (χ4v) is 3.56. The van der Waals surface area contributed by atoms with Crippen LogP contribution in [0.5, 0.6) is 0 Å². The van der Waals surface area contributed by atoms with E-state index in [1.54, 1.807) is 53.3 Å². The summed E-state index contributed by atoms with van der Waals surface area (Å²) in [6, 6.07) is 14.5. The number of nitrogen functional groups attached to an aromatic ring is 1. The van der Waals surface area contributed by atoms with E-state index >= 15 is 0 Å². The quantitative estimate of drug-likeness (QED) is 0.451. The smallest absolute Gasteiger partial charge is 0.198 e. The van der Waals surface area contributed by atoms with Gasteiger partial charge < -0.3 is 5.73 Å². The van der Waals surface area contributed by atoms with Crippen LogP contribution < -0.4 is 5.73 Å². The van der Waals surface area contributed by atoms with Crippen LogP contribution in [-0.4, -0.2) is 34.5 Å². The number of hydrogen-bond donors (Lipinski definition) is 1. The Hall–Kier alpha value is -4.42. The van der Waals surface area contributed by atoms with Crippen LogP contribution >= 0.6 is 11.6 Å². The second-order valence-electron chi connectivity index (χ2n) is 6.85. The van der Waals surface area contributed by atoms with E-state index in [-0.39, 0.29) is 5.82 Å². The first-order chi connectivity index (χ1) is 15.6. The molecule has 5 rings (SSSR count). The van der Waals surface area contributed by atoms with E-state index in [1.807, 2.05) is 6.07 Å². The topological polar surface area (TPSA) is 132 Å². The van der Waals surface area contributed by atoms with Crippen molar-refractivity contribution >= 4 is 23.1 Å². The van der Waals surface area contributed by atoms with Gasteiger partial charge in [0.2, 0.25) is 0 Å². The Bertz CT molecular complexity index is 1490. The molecule has 0 bridgehead atoms. The molecule has 10 heteroatoms. The molecule has 2 N–H and O–H groups in total. The van der Waals surface area contributed by atoms with Gasteiger partial charge in [0, 0.05) is 18.0 Å². The molecule has 0 atom stereocenters. The van der Waals surface area contributed by atoms with Gasteiger partial charge in [0.05, 0.1) is 34.5 Å². The van der Waals surface area contributed by atoms with Crippen molar-refractivity contribution in [2.75, 3.05) is 5.73 Å². The van der Waals surface area contributed by atoms with Crippen molar-refractivity contribution in [2.45, 2.75) is 6.42 Å². The first-order valence-corrected chi connectivity index (χ1v) is 9.93. The van der Waals surface area contributed by atoms with Gasteiger partial charge >= 0.3 is 0 Å². The van der Waals surface area contributed by atoms with E-state index < -0.39 is 0 Å². The zero-order valence-corrected chi connectivity index (χ0v) is 17.3. The summed E-state index contributed by atoms with van der Waals surface area (Å²) >= 11 is 6.26. The molecule has 1 aromatic carbocycles. The lowest BCUT2D eigenvalue weighted by atomic mass is 10.0. The van der Waals surface area contributed by atoms with Gasteiger partial charge in [-0.3, -0.25) is 4.98 Å². The van der Waals surface area contributed by atoms with Crippen molar-refractivity contribution in [3.63, 3.8) is 0 Å². The Morgan fingerprint density at radius 3 is 2.75 bits per heavy atom. The third-order valence-electron chi connectivity index (χ3n) is 4.80. The molecular formula is C22H14ClN9. The highest BCUT2D eigenvalue weighted by Gasteiger charge is 2.21. The summed E-state index contributed by atoms with van der Waals surface area (Å²) in [6.45, 7) is 0. The number of fused-ring (bicyclic) bond motifs is 1. The number of pyridine rings is 1. The summed E-state index contributed by atoms with van der Waals surface area (Å²) in [5.74, 6) is 0.684. The van der Waals surface area contributed by atoms with E-state index in [9.17, 15) is 5.26 Å². The molecule has 0 saturated heterocycles.